The van der Waals surface area contributed by atoms with Gasteiger partial charge in [-0.2, -0.15) is 0 Å². The van der Waals surface area contributed by atoms with Gasteiger partial charge in [0.1, 0.15) is 0 Å². The molecular formula is C19H26N2O4. The smallest absolute Gasteiger partial charge is 0.226 e. The normalized spacial score (nSPS) is 34.4. The van der Waals surface area contributed by atoms with Crippen LogP contribution in [-0.4, -0.2) is 58.9 Å². The summed E-state index contributed by atoms with van der Waals surface area (Å²) >= 11 is 0. The minimum atomic E-state index is -0.288. The highest BCUT2D eigenvalue weighted by molar-refractivity contribution is 5.80. The Morgan fingerprint density at radius 1 is 1.28 bits per heavy atom. The van der Waals surface area contributed by atoms with Gasteiger partial charge in [0.05, 0.1) is 38.1 Å². The molecule has 1 aromatic rings. The van der Waals surface area contributed by atoms with Crippen molar-refractivity contribution in [2.45, 2.75) is 50.5 Å². The Balaban J connectivity index is 1.29. The Hall–Kier alpha value is -1.50. The van der Waals surface area contributed by atoms with Crippen molar-refractivity contribution < 1.29 is 19.4 Å². The van der Waals surface area contributed by atoms with E-state index in [0.717, 1.165) is 18.4 Å². The van der Waals surface area contributed by atoms with Gasteiger partial charge in [0, 0.05) is 24.9 Å². The summed E-state index contributed by atoms with van der Waals surface area (Å²) in [6.07, 6.45) is 6.54. The quantitative estimate of drug-likeness (QED) is 0.872. The minimum Gasteiger partial charge on any atom is -0.393 e. The predicted octanol–water partition coefficient (Wildman–Crippen LogP) is 1.38. The molecular weight excluding hydrogens is 320 g/mol. The van der Waals surface area contributed by atoms with E-state index in [1.54, 1.807) is 12.4 Å². The van der Waals surface area contributed by atoms with E-state index in [2.05, 4.69) is 4.98 Å². The number of hydrogen-bond acceptors (Lipinski definition) is 5. The van der Waals surface area contributed by atoms with Gasteiger partial charge < -0.3 is 19.5 Å². The number of hydrogen-bond donors (Lipinski definition) is 1. The summed E-state index contributed by atoms with van der Waals surface area (Å²) in [6.45, 7) is 2.59. The molecule has 1 aromatic heterocycles. The van der Waals surface area contributed by atoms with Gasteiger partial charge in [-0.15, -0.1) is 0 Å². The number of aliphatic hydroxyl groups is 1. The molecule has 4 rings (SSSR count). The maximum Gasteiger partial charge on any atom is 0.226 e. The van der Waals surface area contributed by atoms with Gasteiger partial charge >= 0.3 is 0 Å². The molecule has 25 heavy (non-hydrogen) atoms. The third kappa shape index (κ3) is 3.71. The van der Waals surface area contributed by atoms with Gasteiger partial charge in [0.2, 0.25) is 5.91 Å². The second kappa shape index (κ2) is 7.40. The number of nitrogens with zero attached hydrogens (tertiary/aromatic N) is 2. The number of amides is 1. The molecule has 1 saturated heterocycles. The van der Waals surface area contributed by atoms with Crippen molar-refractivity contribution >= 4 is 5.91 Å². The molecule has 2 saturated carbocycles. The molecule has 136 valence electrons. The first-order chi connectivity index (χ1) is 12.2. The zero-order chi connectivity index (χ0) is 17.2. The van der Waals surface area contributed by atoms with Crippen LogP contribution in [0.15, 0.2) is 24.5 Å². The summed E-state index contributed by atoms with van der Waals surface area (Å²) in [7, 11) is 0. The van der Waals surface area contributed by atoms with Crippen LogP contribution in [0.1, 0.15) is 31.2 Å². The summed E-state index contributed by atoms with van der Waals surface area (Å²) in [4.78, 5) is 18.7. The van der Waals surface area contributed by atoms with Crippen LogP contribution in [-0.2, 0) is 20.9 Å². The van der Waals surface area contributed by atoms with E-state index in [9.17, 15) is 9.90 Å². The maximum atomic E-state index is 12.7. The Morgan fingerprint density at radius 2 is 2.08 bits per heavy atom. The second-order valence-electron chi connectivity index (χ2n) is 7.54. The summed E-state index contributed by atoms with van der Waals surface area (Å²) in [6, 6.07) is 4.10. The summed E-state index contributed by atoms with van der Waals surface area (Å²) in [5, 5.41) is 9.47. The molecule has 3 aliphatic rings. The van der Waals surface area contributed by atoms with Crippen molar-refractivity contribution in [1.29, 1.82) is 0 Å². The Bertz CT molecular complexity index is 590. The molecule has 3 atom stereocenters. The third-order valence-corrected chi connectivity index (χ3v) is 5.75. The Labute approximate surface area is 148 Å². The molecule has 0 radical (unpaired) electrons. The fourth-order valence-corrected chi connectivity index (χ4v) is 4.31. The molecule has 1 aliphatic heterocycles. The van der Waals surface area contributed by atoms with Crippen molar-refractivity contribution in [2.75, 3.05) is 19.8 Å². The molecule has 0 spiro atoms. The van der Waals surface area contributed by atoms with E-state index in [4.69, 9.17) is 9.47 Å². The first-order valence-electron chi connectivity index (χ1n) is 9.27. The highest BCUT2D eigenvalue weighted by Gasteiger charge is 2.45. The summed E-state index contributed by atoms with van der Waals surface area (Å²) in [5.74, 6) is 0.648. The fraction of sp³-hybridized carbons (Fsp3) is 0.684. The fourth-order valence-electron chi connectivity index (χ4n) is 4.31. The van der Waals surface area contributed by atoms with Crippen LogP contribution in [0.4, 0.5) is 0 Å². The van der Waals surface area contributed by atoms with Crippen molar-refractivity contribution in [3.8, 4) is 0 Å². The van der Waals surface area contributed by atoms with Crippen molar-refractivity contribution in [2.24, 2.45) is 11.8 Å². The number of rotatable bonds is 5. The number of aliphatic hydroxyl groups excluding tert-OH is 1. The molecule has 2 heterocycles. The lowest BCUT2D eigenvalue weighted by Crippen LogP contribution is -2.55. The van der Waals surface area contributed by atoms with Crippen LogP contribution in [0.25, 0.3) is 0 Å². The number of ether oxygens (including phenoxy) is 2. The SMILES string of the molecule is O=C(C1CC(O)C1)N1CCO[C@@H]2C[C@H](COCc3ccncc3)C[C@H]21. The molecule has 6 nitrogen and oxygen atoms in total. The number of carbonyl (C=O) groups excluding carboxylic acids is 1. The van der Waals surface area contributed by atoms with E-state index in [-0.39, 0.29) is 30.1 Å². The van der Waals surface area contributed by atoms with Crippen molar-refractivity contribution in [3.63, 3.8) is 0 Å². The third-order valence-electron chi connectivity index (χ3n) is 5.75. The predicted molar refractivity (Wildman–Crippen MR) is 90.6 cm³/mol. The summed E-state index contributed by atoms with van der Waals surface area (Å²) in [5.41, 5.74) is 1.13. The van der Waals surface area contributed by atoms with E-state index in [1.807, 2.05) is 17.0 Å². The van der Waals surface area contributed by atoms with E-state index < -0.39 is 0 Å². The highest BCUT2D eigenvalue weighted by Crippen LogP contribution is 2.37. The standard InChI is InChI=1S/C19H26N2O4/c22-16-9-15(10-16)19(23)21-5-6-25-18-8-14(7-17(18)21)12-24-11-13-1-3-20-4-2-13/h1-4,14-18,22H,5-12H2/t14-,15?,16?,17-,18-/m1/s1. The molecule has 0 bridgehead atoms. The Morgan fingerprint density at radius 3 is 2.84 bits per heavy atom. The zero-order valence-electron chi connectivity index (χ0n) is 14.4. The van der Waals surface area contributed by atoms with Crippen molar-refractivity contribution in [1.82, 2.24) is 9.88 Å². The average molecular weight is 346 g/mol. The van der Waals surface area contributed by atoms with Gasteiger partial charge in [-0.3, -0.25) is 9.78 Å². The van der Waals surface area contributed by atoms with Crippen LogP contribution in [0, 0.1) is 11.8 Å². The van der Waals surface area contributed by atoms with Gasteiger partial charge in [-0.25, -0.2) is 0 Å². The molecule has 3 fully saturated rings. The second-order valence-corrected chi connectivity index (χ2v) is 7.54. The first kappa shape index (κ1) is 16.9. The topological polar surface area (TPSA) is 71.9 Å². The monoisotopic (exact) mass is 346 g/mol. The molecule has 1 amide bonds. The maximum absolute atomic E-state index is 12.7. The number of aromatic nitrogens is 1. The molecule has 0 unspecified atom stereocenters. The van der Waals surface area contributed by atoms with Crippen LogP contribution >= 0.6 is 0 Å². The number of carbonyl (C=O) groups is 1. The largest absolute Gasteiger partial charge is 0.393 e. The molecule has 0 aromatic carbocycles. The number of fused-ring (bicyclic) bond motifs is 1. The van der Waals surface area contributed by atoms with Crippen LogP contribution in [0.2, 0.25) is 0 Å². The highest BCUT2D eigenvalue weighted by atomic mass is 16.5. The lowest BCUT2D eigenvalue weighted by molar-refractivity contribution is -0.154. The lowest BCUT2D eigenvalue weighted by atomic mass is 9.81. The molecule has 2 aliphatic carbocycles. The number of morpholine rings is 1. The molecule has 1 N–H and O–H groups in total. The molecule has 6 heteroatoms. The van der Waals surface area contributed by atoms with E-state index in [0.29, 0.717) is 45.1 Å². The lowest BCUT2D eigenvalue weighted by Gasteiger charge is -2.42. The van der Waals surface area contributed by atoms with Gasteiger partial charge in [-0.05, 0) is 49.3 Å². The van der Waals surface area contributed by atoms with Crippen molar-refractivity contribution in [3.05, 3.63) is 30.1 Å². The first-order valence-corrected chi connectivity index (χ1v) is 9.27. The Kier molecular flexibility index (Phi) is 5.01. The summed E-state index contributed by atoms with van der Waals surface area (Å²) < 4.78 is 11.8. The van der Waals surface area contributed by atoms with E-state index in [1.165, 1.54) is 0 Å². The average Bonchev–Trinajstić information content (AvgIpc) is 3.02. The van der Waals surface area contributed by atoms with Gasteiger partial charge in [0.15, 0.2) is 0 Å². The minimum absolute atomic E-state index is 0.00994. The van der Waals surface area contributed by atoms with E-state index >= 15 is 0 Å². The van der Waals surface area contributed by atoms with Crippen LogP contribution < -0.4 is 0 Å². The number of pyridine rings is 1. The van der Waals surface area contributed by atoms with Gasteiger partial charge in [-0.1, -0.05) is 0 Å². The van der Waals surface area contributed by atoms with Gasteiger partial charge in [0.25, 0.3) is 0 Å². The van der Waals surface area contributed by atoms with Crippen LogP contribution in [0.5, 0.6) is 0 Å². The zero-order valence-corrected chi connectivity index (χ0v) is 14.4. The van der Waals surface area contributed by atoms with Crippen LogP contribution in [0.3, 0.4) is 0 Å².